The summed E-state index contributed by atoms with van der Waals surface area (Å²) in [6.45, 7) is 7.44. The molecule has 3 nitrogen and oxygen atoms in total. The van der Waals surface area contributed by atoms with Gasteiger partial charge in [-0.15, -0.1) is 0 Å². The van der Waals surface area contributed by atoms with Gasteiger partial charge in [-0.2, -0.15) is 5.26 Å². The van der Waals surface area contributed by atoms with E-state index >= 15 is 0 Å². The molecule has 0 aromatic heterocycles. The molecule has 0 spiro atoms. The quantitative estimate of drug-likeness (QED) is 0.653. The summed E-state index contributed by atoms with van der Waals surface area (Å²) in [7, 11) is 0. The molecule has 2 unspecified atom stereocenters. The molecule has 3 heteroatoms. The minimum atomic E-state index is -0.0343. The molecular weight excluding hydrogens is 152 g/mol. The number of nitrogens with zero attached hydrogens (tertiary/aromatic N) is 1. The maximum absolute atomic E-state index is 8.62. The molecule has 0 heterocycles. The summed E-state index contributed by atoms with van der Waals surface area (Å²) in [5.41, 5.74) is 0. The van der Waals surface area contributed by atoms with Crippen molar-refractivity contribution in [2.45, 2.75) is 39.3 Å². The van der Waals surface area contributed by atoms with Crippen LogP contribution in [0.25, 0.3) is 0 Å². The smallest absolute Gasteiger partial charge is 0.0951 e. The minimum absolute atomic E-state index is 0.0343. The largest absolute Gasteiger partial charge is 0.377 e. The standard InChI is InChI=1S/C9H18N2O/c1-4-9(6-10)11-7-8(3)12-5-2/h8-9,11H,4-5,7H2,1-3H3. The Kier molecular flexibility index (Phi) is 6.73. The Morgan fingerprint density at radius 3 is 2.58 bits per heavy atom. The van der Waals surface area contributed by atoms with Gasteiger partial charge in [-0.25, -0.2) is 0 Å². The molecule has 12 heavy (non-hydrogen) atoms. The first-order valence-electron chi connectivity index (χ1n) is 4.49. The third-order valence-electron chi connectivity index (χ3n) is 1.67. The van der Waals surface area contributed by atoms with E-state index in [0.29, 0.717) is 0 Å². The second-order valence-corrected chi connectivity index (χ2v) is 2.76. The van der Waals surface area contributed by atoms with Crippen molar-refractivity contribution < 1.29 is 4.74 Å². The van der Waals surface area contributed by atoms with E-state index in [-0.39, 0.29) is 12.1 Å². The first-order chi connectivity index (χ1) is 5.74. The zero-order valence-electron chi connectivity index (χ0n) is 8.13. The topological polar surface area (TPSA) is 45.0 Å². The maximum atomic E-state index is 8.62. The Morgan fingerprint density at radius 2 is 2.17 bits per heavy atom. The molecule has 0 aromatic rings. The summed E-state index contributed by atoms with van der Waals surface area (Å²) in [6.07, 6.45) is 1.03. The highest BCUT2D eigenvalue weighted by atomic mass is 16.5. The molecule has 0 aliphatic rings. The first kappa shape index (κ1) is 11.4. The average molecular weight is 170 g/mol. The Bertz CT molecular complexity index is 142. The summed E-state index contributed by atoms with van der Waals surface area (Å²) in [6, 6.07) is 2.15. The highest BCUT2D eigenvalue weighted by Crippen LogP contribution is 1.91. The van der Waals surface area contributed by atoms with Gasteiger partial charge in [0.15, 0.2) is 0 Å². The summed E-state index contributed by atoms with van der Waals surface area (Å²) in [4.78, 5) is 0. The van der Waals surface area contributed by atoms with E-state index in [9.17, 15) is 0 Å². The van der Waals surface area contributed by atoms with Gasteiger partial charge in [-0.05, 0) is 20.3 Å². The third-order valence-corrected chi connectivity index (χ3v) is 1.67. The number of nitriles is 1. The fraction of sp³-hybridized carbons (Fsp3) is 0.889. The molecule has 0 radical (unpaired) electrons. The number of nitrogens with one attached hydrogen (secondary N) is 1. The van der Waals surface area contributed by atoms with Gasteiger partial charge >= 0.3 is 0 Å². The van der Waals surface area contributed by atoms with Crippen LogP contribution in [0.5, 0.6) is 0 Å². The van der Waals surface area contributed by atoms with Gasteiger partial charge in [0, 0.05) is 13.2 Å². The Morgan fingerprint density at radius 1 is 1.50 bits per heavy atom. The van der Waals surface area contributed by atoms with Crippen LogP contribution in [-0.4, -0.2) is 25.3 Å². The van der Waals surface area contributed by atoms with Crippen molar-refractivity contribution in [1.82, 2.24) is 5.32 Å². The molecule has 0 fully saturated rings. The highest BCUT2D eigenvalue weighted by Gasteiger charge is 2.05. The van der Waals surface area contributed by atoms with E-state index in [2.05, 4.69) is 11.4 Å². The average Bonchev–Trinajstić information content (AvgIpc) is 2.07. The lowest BCUT2D eigenvalue weighted by Crippen LogP contribution is -2.34. The molecule has 0 bridgehead atoms. The predicted molar refractivity (Wildman–Crippen MR) is 48.8 cm³/mol. The lowest BCUT2D eigenvalue weighted by atomic mass is 10.2. The summed E-state index contributed by atoms with van der Waals surface area (Å²) in [5, 5.41) is 11.7. The number of hydrogen-bond donors (Lipinski definition) is 1. The molecule has 0 amide bonds. The molecule has 0 aliphatic heterocycles. The zero-order valence-corrected chi connectivity index (χ0v) is 8.13. The normalized spacial score (nSPS) is 15.2. The highest BCUT2D eigenvalue weighted by molar-refractivity contribution is 4.88. The monoisotopic (exact) mass is 170 g/mol. The van der Waals surface area contributed by atoms with Crippen molar-refractivity contribution in [3.05, 3.63) is 0 Å². The SMILES string of the molecule is CCOC(C)CNC(C#N)CC. The van der Waals surface area contributed by atoms with Gasteiger partial charge in [0.2, 0.25) is 0 Å². The lowest BCUT2D eigenvalue weighted by molar-refractivity contribution is 0.0750. The Hall–Kier alpha value is -0.590. The number of hydrogen-bond acceptors (Lipinski definition) is 3. The molecule has 0 saturated carbocycles. The molecule has 1 N–H and O–H groups in total. The van der Waals surface area contributed by atoms with Crippen LogP contribution in [0.4, 0.5) is 0 Å². The lowest BCUT2D eigenvalue weighted by Gasteiger charge is -2.14. The van der Waals surface area contributed by atoms with Crippen molar-refractivity contribution in [2.75, 3.05) is 13.2 Å². The van der Waals surface area contributed by atoms with Crippen molar-refractivity contribution in [1.29, 1.82) is 5.26 Å². The second kappa shape index (κ2) is 7.08. The van der Waals surface area contributed by atoms with Gasteiger partial charge in [0.25, 0.3) is 0 Å². The van der Waals surface area contributed by atoms with Crippen molar-refractivity contribution in [2.24, 2.45) is 0 Å². The van der Waals surface area contributed by atoms with Crippen molar-refractivity contribution >= 4 is 0 Å². The van der Waals surface area contributed by atoms with Crippen molar-refractivity contribution in [3.63, 3.8) is 0 Å². The van der Waals surface area contributed by atoms with Crippen LogP contribution >= 0.6 is 0 Å². The van der Waals surface area contributed by atoms with Crippen LogP contribution in [0, 0.1) is 11.3 Å². The van der Waals surface area contributed by atoms with Crippen LogP contribution < -0.4 is 5.32 Å². The molecule has 0 aromatic carbocycles. The predicted octanol–water partition coefficient (Wildman–Crippen LogP) is 1.30. The first-order valence-corrected chi connectivity index (χ1v) is 4.49. The van der Waals surface area contributed by atoms with E-state index in [1.54, 1.807) is 0 Å². The van der Waals surface area contributed by atoms with E-state index in [0.717, 1.165) is 19.6 Å². The van der Waals surface area contributed by atoms with Crippen LogP contribution in [0.2, 0.25) is 0 Å². The van der Waals surface area contributed by atoms with E-state index in [1.165, 1.54) is 0 Å². The molecule has 0 saturated heterocycles. The molecule has 0 aliphatic carbocycles. The van der Waals surface area contributed by atoms with Crippen LogP contribution in [-0.2, 0) is 4.74 Å². The Balaban J connectivity index is 3.46. The zero-order chi connectivity index (χ0) is 9.40. The van der Waals surface area contributed by atoms with E-state index in [4.69, 9.17) is 10.00 Å². The van der Waals surface area contributed by atoms with Crippen LogP contribution in [0.1, 0.15) is 27.2 Å². The molecular formula is C9H18N2O. The molecule has 2 atom stereocenters. The fourth-order valence-corrected chi connectivity index (χ4v) is 0.933. The summed E-state index contributed by atoms with van der Waals surface area (Å²) >= 11 is 0. The van der Waals surface area contributed by atoms with Gasteiger partial charge < -0.3 is 4.74 Å². The second-order valence-electron chi connectivity index (χ2n) is 2.76. The van der Waals surface area contributed by atoms with Gasteiger partial charge in [-0.3, -0.25) is 5.32 Å². The van der Waals surface area contributed by atoms with E-state index < -0.39 is 0 Å². The van der Waals surface area contributed by atoms with Crippen LogP contribution in [0.15, 0.2) is 0 Å². The minimum Gasteiger partial charge on any atom is -0.377 e. The van der Waals surface area contributed by atoms with Crippen molar-refractivity contribution in [3.8, 4) is 6.07 Å². The fourth-order valence-electron chi connectivity index (χ4n) is 0.933. The number of rotatable bonds is 6. The Labute approximate surface area is 74.7 Å². The van der Waals surface area contributed by atoms with Gasteiger partial charge in [-0.1, -0.05) is 6.92 Å². The summed E-state index contributed by atoms with van der Waals surface area (Å²) in [5.74, 6) is 0. The third kappa shape index (κ3) is 5.11. The van der Waals surface area contributed by atoms with Crippen LogP contribution in [0.3, 0.4) is 0 Å². The van der Waals surface area contributed by atoms with Gasteiger partial charge in [0.1, 0.15) is 0 Å². The molecule has 0 rings (SSSR count). The van der Waals surface area contributed by atoms with E-state index in [1.807, 2.05) is 20.8 Å². The summed E-state index contributed by atoms with van der Waals surface area (Å²) < 4.78 is 5.31. The molecule has 70 valence electrons. The number of ether oxygens (including phenoxy) is 1. The maximum Gasteiger partial charge on any atom is 0.0951 e. The van der Waals surface area contributed by atoms with Gasteiger partial charge in [0.05, 0.1) is 18.2 Å².